The number of imidazole rings is 1. The Balaban J connectivity index is 2.28. The zero-order chi connectivity index (χ0) is 14.5. The molecule has 2 aromatic rings. The van der Waals surface area contributed by atoms with Crippen LogP contribution in [0.1, 0.15) is 32.8 Å². The second-order valence-corrected chi connectivity index (χ2v) is 5.29. The van der Waals surface area contributed by atoms with Crippen LogP contribution in [0.5, 0.6) is 0 Å². The van der Waals surface area contributed by atoms with Gasteiger partial charge in [-0.25, -0.2) is 9.37 Å². The van der Waals surface area contributed by atoms with E-state index in [2.05, 4.69) is 35.6 Å². The number of benzene rings is 1. The monoisotopic (exact) mass is 275 g/mol. The summed E-state index contributed by atoms with van der Waals surface area (Å²) in [6.07, 6.45) is 4.81. The smallest absolute Gasteiger partial charge is 0.139 e. The number of halogens is 1. The second-order valence-electron chi connectivity index (χ2n) is 5.29. The number of aromatic nitrogens is 2. The van der Waals surface area contributed by atoms with E-state index in [1.807, 2.05) is 12.3 Å². The fourth-order valence-electron chi connectivity index (χ4n) is 2.15. The standard InChI is InChI=1S/C16H22FN3/c1-4-8-20-9-7-18-16(20)13-5-6-15(17)14(10-13)11-19-12(2)3/h5-7,9-10,12,19H,4,8,11H2,1-3H3. The summed E-state index contributed by atoms with van der Waals surface area (Å²) < 4.78 is 15.9. The quantitative estimate of drug-likeness (QED) is 0.873. The summed E-state index contributed by atoms with van der Waals surface area (Å²) >= 11 is 0. The molecular formula is C16H22FN3. The maximum Gasteiger partial charge on any atom is 0.139 e. The van der Waals surface area contributed by atoms with E-state index in [1.54, 1.807) is 12.3 Å². The summed E-state index contributed by atoms with van der Waals surface area (Å²) in [6.45, 7) is 7.69. The van der Waals surface area contributed by atoms with Gasteiger partial charge in [0.15, 0.2) is 0 Å². The van der Waals surface area contributed by atoms with Gasteiger partial charge in [-0.15, -0.1) is 0 Å². The Morgan fingerprint density at radius 1 is 1.35 bits per heavy atom. The number of nitrogens with zero attached hydrogens (tertiary/aromatic N) is 2. The average Bonchev–Trinajstić information content (AvgIpc) is 2.86. The Kier molecular flexibility index (Phi) is 4.90. The first-order chi connectivity index (χ1) is 9.61. The maximum atomic E-state index is 13.8. The summed E-state index contributed by atoms with van der Waals surface area (Å²) in [6, 6.07) is 5.54. The molecule has 0 atom stereocenters. The predicted octanol–water partition coefficient (Wildman–Crippen LogP) is 3.60. The van der Waals surface area contributed by atoms with Crippen LogP contribution in [0.15, 0.2) is 30.6 Å². The predicted molar refractivity (Wildman–Crippen MR) is 79.9 cm³/mol. The lowest BCUT2D eigenvalue weighted by Crippen LogP contribution is -2.22. The van der Waals surface area contributed by atoms with E-state index < -0.39 is 0 Å². The van der Waals surface area contributed by atoms with Crippen LogP contribution in [0.3, 0.4) is 0 Å². The second kappa shape index (κ2) is 6.66. The van der Waals surface area contributed by atoms with Crippen molar-refractivity contribution >= 4 is 0 Å². The van der Waals surface area contributed by atoms with Gasteiger partial charge in [0.05, 0.1) is 0 Å². The SMILES string of the molecule is CCCn1ccnc1-c1ccc(F)c(CNC(C)C)c1. The van der Waals surface area contributed by atoms with Crippen LogP contribution in [0.25, 0.3) is 11.4 Å². The molecule has 0 unspecified atom stereocenters. The highest BCUT2D eigenvalue weighted by Crippen LogP contribution is 2.21. The van der Waals surface area contributed by atoms with Crippen LogP contribution >= 0.6 is 0 Å². The topological polar surface area (TPSA) is 29.9 Å². The lowest BCUT2D eigenvalue weighted by Gasteiger charge is -2.11. The summed E-state index contributed by atoms with van der Waals surface area (Å²) in [5, 5.41) is 3.25. The van der Waals surface area contributed by atoms with Crippen LogP contribution in [0.4, 0.5) is 4.39 Å². The molecule has 1 aromatic heterocycles. The zero-order valence-electron chi connectivity index (χ0n) is 12.4. The number of hydrogen-bond acceptors (Lipinski definition) is 2. The molecule has 108 valence electrons. The van der Waals surface area contributed by atoms with E-state index >= 15 is 0 Å². The fourth-order valence-corrected chi connectivity index (χ4v) is 2.15. The van der Waals surface area contributed by atoms with E-state index in [4.69, 9.17) is 0 Å². The summed E-state index contributed by atoms with van der Waals surface area (Å²) in [4.78, 5) is 4.39. The van der Waals surface area contributed by atoms with E-state index in [-0.39, 0.29) is 5.82 Å². The molecule has 0 aliphatic rings. The molecule has 0 amide bonds. The van der Waals surface area contributed by atoms with Crippen molar-refractivity contribution in [2.24, 2.45) is 0 Å². The molecule has 4 heteroatoms. The highest BCUT2D eigenvalue weighted by atomic mass is 19.1. The van der Waals surface area contributed by atoms with Gasteiger partial charge in [-0.2, -0.15) is 0 Å². The van der Waals surface area contributed by atoms with Crippen molar-refractivity contribution in [2.75, 3.05) is 0 Å². The maximum absolute atomic E-state index is 13.8. The molecule has 1 aromatic carbocycles. The first-order valence-electron chi connectivity index (χ1n) is 7.15. The molecular weight excluding hydrogens is 253 g/mol. The van der Waals surface area contributed by atoms with Gasteiger partial charge in [0, 0.05) is 42.7 Å². The lowest BCUT2D eigenvalue weighted by molar-refractivity contribution is 0.553. The number of aryl methyl sites for hydroxylation is 1. The molecule has 0 spiro atoms. The summed E-state index contributed by atoms with van der Waals surface area (Å²) in [7, 11) is 0. The van der Waals surface area contributed by atoms with Gasteiger partial charge in [-0.1, -0.05) is 20.8 Å². The Labute approximate surface area is 119 Å². The van der Waals surface area contributed by atoms with Crippen LogP contribution in [0.2, 0.25) is 0 Å². The van der Waals surface area contributed by atoms with Gasteiger partial charge in [0.1, 0.15) is 11.6 Å². The molecule has 0 radical (unpaired) electrons. The van der Waals surface area contributed by atoms with E-state index in [0.29, 0.717) is 18.2 Å². The van der Waals surface area contributed by atoms with Crippen molar-refractivity contribution < 1.29 is 4.39 Å². The Morgan fingerprint density at radius 2 is 2.15 bits per heavy atom. The van der Waals surface area contributed by atoms with Gasteiger partial charge >= 0.3 is 0 Å². The minimum atomic E-state index is -0.171. The Bertz CT molecular complexity index is 561. The van der Waals surface area contributed by atoms with Gasteiger partial charge in [-0.3, -0.25) is 0 Å². The first-order valence-corrected chi connectivity index (χ1v) is 7.15. The molecule has 0 bridgehead atoms. The molecule has 3 nitrogen and oxygen atoms in total. The third-order valence-electron chi connectivity index (χ3n) is 3.18. The molecule has 1 N–H and O–H groups in total. The highest BCUT2D eigenvalue weighted by molar-refractivity contribution is 5.57. The van der Waals surface area contributed by atoms with Crippen LogP contribution in [0, 0.1) is 5.82 Å². The highest BCUT2D eigenvalue weighted by Gasteiger charge is 2.09. The zero-order valence-corrected chi connectivity index (χ0v) is 12.4. The van der Waals surface area contributed by atoms with Crippen LogP contribution in [-0.2, 0) is 13.1 Å². The Hall–Kier alpha value is -1.68. The van der Waals surface area contributed by atoms with Crippen molar-refractivity contribution in [3.05, 3.63) is 42.0 Å². The first kappa shape index (κ1) is 14.7. The lowest BCUT2D eigenvalue weighted by atomic mass is 10.1. The fraction of sp³-hybridized carbons (Fsp3) is 0.438. The summed E-state index contributed by atoms with van der Waals surface area (Å²) in [5.74, 6) is 0.730. The third kappa shape index (κ3) is 3.45. The van der Waals surface area contributed by atoms with E-state index in [1.165, 1.54) is 6.07 Å². The van der Waals surface area contributed by atoms with E-state index in [9.17, 15) is 4.39 Å². The van der Waals surface area contributed by atoms with Crippen LogP contribution in [-0.4, -0.2) is 15.6 Å². The van der Waals surface area contributed by atoms with Crippen molar-refractivity contribution in [3.8, 4) is 11.4 Å². The molecule has 1 heterocycles. The normalized spacial score (nSPS) is 11.2. The van der Waals surface area contributed by atoms with Gasteiger partial charge < -0.3 is 9.88 Å². The molecule has 2 rings (SSSR count). The third-order valence-corrected chi connectivity index (χ3v) is 3.18. The molecule has 20 heavy (non-hydrogen) atoms. The number of rotatable bonds is 6. The molecule has 0 saturated heterocycles. The largest absolute Gasteiger partial charge is 0.331 e. The van der Waals surface area contributed by atoms with Crippen molar-refractivity contribution in [3.63, 3.8) is 0 Å². The molecule has 0 aliphatic carbocycles. The molecule has 0 aliphatic heterocycles. The van der Waals surface area contributed by atoms with Gasteiger partial charge in [-0.05, 0) is 24.6 Å². The minimum Gasteiger partial charge on any atom is -0.331 e. The van der Waals surface area contributed by atoms with Crippen molar-refractivity contribution in [1.82, 2.24) is 14.9 Å². The van der Waals surface area contributed by atoms with Gasteiger partial charge in [0.2, 0.25) is 0 Å². The Morgan fingerprint density at radius 3 is 2.85 bits per heavy atom. The number of nitrogens with one attached hydrogen (secondary N) is 1. The summed E-state index contributed by atoms with van der Waals surface area (Å²) in [5.41, 5.74) is 1.65. The van der Waals surface area contributed by atoms with Crippen molar-refractivity contribution in [2.45, 2.75) is 46.3 Å². The minimum absolute atomic E-state index is 0.171. The molecule has 0 fully saturated rings. The van der Waals surface area contributed by atoms with Crippen LogP contribution < -0.4 is 5.32 Å². The molecule has 0 saturated carbocycles. The van der Waals surface area contributed by atoms with E-state index in [0.717, 1.165) is 24.4 Å². The number of hydrogen-bond donors (Lipinski definition) is 1. The van der Waals surface area contributed by atoms with Crippen molar-refractivity contribution in [1.29, 1.82) is 0 Å². The van der Waals surface area contributed by atoms with Gasteiger partial charge in [0.25, 0.3) is 0 Å². The average molecular weight is 275 g/mol.